The number of hydrogen-bond acceptors (Lipinski definition) is 2. The molecule has 0 aliphatic carbocycles. The van der Waals surface area contributed by atoms with E-state index in [0.29, 0.717) is 0 Å². The van der Waals surface area contributed by atoms with Crippen LogP contribution in [-0.4, -0.2) is 22.8 Å². The van der Waals surface area contributed by atoms with Crippen molar-refractivity contribution in [2.24, 2.45) is 5.92 Å². The Morgan fingerprint density at radius 1 is 1.44 bits per heavy atom. The van der Waals surface area contributed by atoms with Crippen molar-refractivity contribution < 1.29 is 5.11 Å². The number of rotatable bonds is 8. The largest absolute Gasteiger partial charge is 0.396 e. The van der Waals surface area contributed by atoms with Crippen molar-refractivity contribution in [3.63, 3.8) is 0 Å². The maximum atomic E-state index is 8.68. The second-order valence-corrected chi connectivity index (χ2v) is 4.63. The highest BCUT2D eigenvalue weighted by Gasteiger charge is 2.01. The van der Waals surface area contributed by atoms with Crippen molar-refractivity contribution in [3.05, 3.63) is 24.0 Å². The molecule has 0 unspecified atom stereocenters. The Morgan fingerprint density at radius 3 is 2.94 bits per heavy atom. The van der Waals surface area contributed by atoms with E-state index in [1.807, 2.05) is 0 Å². The summed E-state index contributed by atoms with van der Waals surface area (Å²) in [5, 5.41) is 12.0. The molecule has 0 atom stereocenters. The Kier molecular flexibility index (Phi) is 6.19. The molecule has 2 N–H and O–H groups in total. The fraction of sp³-hybridized carbons (Fsp3) is 0.692. The lowest BCUT2D eigenvalue weighted by atomic mass is 10.1. The maximum absolute atomic E-state index is 8.68. The number of nitrogens with one attached hydrogen (secondary N) is 1. The fourth-order valence-electron chi connectivity index (χ4n) is 1.65. The van der Waals surface area contributed by atoms with Gasteiger partial charge in [-0.15, -0.1) is 0 Å². The SMILES string of the molecule is CC(C)CCn1cccc1CNCCCO. The highest BCUT2D eigenvalue weighted by molar-refractivity contribution is 5.06. The molecule has 0 fully saturated rings. The van der Waals surface area contributed by atoms with Crippen molar-refractivity contribution in [1.82, 2.24) is 9.88 Å². The fourth-order valence-corrected chi connectivity index (χ4v) is 1.65. The molecule has 3 heteroatoms. The summed E-state index contributed by atoms with van der Waals surface area (Å²) < 4.78 is 2.31. The molecule has 0 radical (unpaired) electrons. The summed E-state index contributed by atoms with van der Waals surface area (Å²) in [6.07, 6.45) is 4.19. The van der Waals surface area contributed by atoms with Crippen molar-refractivity contribution >= 4 is 0 Å². The molecule has 0 saturated heterocycles. The first-order valence-corrected chi connectivity index (χ1v) is 6.19. The molecule has 1 rings (SSSR count). The predicted molar refractivity (Wildman–Crippen MR) is 67.3 cm³/mol. The maximum Gasteiger partial charge on any atom is 0.0443 e. The molecule has 16 heavy (non-hydrogen) atoms. The van der Waals surface area contributed by atoms with Crippen LogP contribution in [0.3, 0.4) is 0 Å². The van der Waals surface area contributed by atoms with Gasteiger partial charge in [-0.1, -0.05) is 13.8 Å². The smallest absolute Gasteiger partial charge is 0.0443 e. The van der Waals surface area contributed by atoms with Crippen LogP contribution in [0, 0.1) is 5.92 Å². The van der Waals surface area contributed by atoms with Crippen LogP contribution in [0.2, 0.25) is 0 Å². The first kappa shape index (κ1) is 13.3. The summed E-state index contributed by atoms with van der Waals surface area (Å²) in [5.41, 5.74) is 1.33. The van der Waals surface area contributed by atoms with E-state index >= 15 is 0 Å². The molecule has 0 aliphatic heterocycles. The van der Waals surface area contributed by atoms with Gasteiger partial charge in [-0.3, -0.25) is 0 Å². The zero-order valence-corrected chi connectivity index (χ0v) is 10.4. The standard InChI is InChI=1S/C13H24N2O/c1-12(2)6-9-15-8-3-5-13(15)11-14-7-4-10-16/h3,5,8,12,14,16H,4,6-7,9-11H2,1-2H3. The van der Waals surface area contributed by atoms with Gasteiger partial charge >= 0.3 is 0 Å². The third kappa shape index (κ3) is 4.81. The van der Waals surface area contributed by atoms with Crippen LogP contribution in [0.1, 0.15) is 32.4 Å². The van der Waals surface area contributed by atoms with E-state index in [2.05, 4.69) is 42.1 Å². The normalized spacial score (nSPS) is 11.2. The van der Waals surface area contributed by atoms with Gasteiger partial charge in [0.1, 0.15) is 0 Å². The Morgan fingerprint density at radius 2 is 2.25 bits per heavy atom. The van der Waals surface area contributed by atoms with E-state index in [0.717, 1.165) is 32.0 Å². The van der Waals surface area contributed by atoms with Gasteiger partial charge in [-0.25, -0.2) is 0 Å². The van der Waals surface area contributed by atoms with Crippen LogP contribution >= 0.6 is 0 Å². The zero-order valence-electron chi connectivity index (χ0n) is 10.4. The zero-order chi connectivity index (χ0) is 11.8. The second kappa shape index (κ2) is 7.47. The van der Waals surface area contributed by atoms with Crippen molar-refractivity contribution in [2.75, 3.05) is 13.2 Å². The summed E-state index contributed by atoms with van der Waals surface area (Å²) in [4.78, 5) is 0. The van der Waals surface area contributed by atoms with Crippen LogP contribution in [-0.2, 0) is 13.1 Å². The van der Waals surface area contributed by atoms with Gasteiger partial charge in [-0.05, 0) is 37.4 Å². The monoisotopic (exact) mass is 224 g/mol. The molecule has 92 valence electrons. The molecular weight excluding hydrogens is 200 g/mol. The number of hydrogen-bond donors (Lipinski definition) is 2. The van der Waals surface area contributed by atoms with Crippen molar-refractivity contribution in [1.29, 1.82) is 0 Å². The summed E-state index contributed by atoms with van der Waals surface area (Å²) in [6.45, 7) is 7.64. The Bertz CT molecular complexity index is 281. The topological polar surface area (TPSA) is 37.2 Å². The van der Waals surface area contributed by atoms with Crippen LogP contribution in [0.25, 0.3) is 0 Å². The van der Waals surface area contributed by atoms with Crippen LogP contribution in [0.15, 0.2) is 18.3 Å². The lowest BCUT2D eigenvalue weighted by molar-refractivity contribution is 0.285. The minimum atomic E-state index is 0.265. The quantitative estimate of drug-likeness (QED) is 0.663. The third-order valence-electron chi connectivity index (χ3n) is 2.69. The molecule has 1 aromatic rings. The highest BCUT2D eigenvalue weighted by atomic mass is 16.3. The molecule has 0 aliphatic rings. The molecule has 0 saturated carbocycles. The van der Waals surface area contributed by atoms with Crippen LogP contribution in [0.4, 0.5) is 0 Å². The van der Waals surface area contributed by atoms with Gasteiger partial charge in [-0.2, -0.15) is 0 Å². The average molecular weight is 224 g/mol. The summed E-state index contributed by atoms with van der Waals surface area (Å²) >= 11 is 0. The number of nitrogens with zero attached hydrogens (tertiary/aromatic N) is 1. The lowest BCUT2D eigenvalue weighted by Gasteiger charge is -2.11. The number of aromatic nitrogens is 1. The van der Waals surface area contributed by atoms with Gasteiger partial charge in [0.25, 0.3) is 0 Å². The Labute approximate surface area is 98.5 Å². The van der Waals surface area contributed by atoms with Crippen molar-refractivity contribution in [2.45, 2.75) is 39.8 Å². The van der Waals surface area contributed by atoms with E-state index < -0.39 is 0 Å². The molecule has 1 heterocycles. The van der Waals surface area contributed by atoms with Crippen LogP contribution < -0.4 is 5.32 Å². The lowest BCUT2D eigenvalue weighted by Crippen LogP contribution is -2.18. The first-order chi connectivity index (χ1) is 7.74. The molecule has 0 spiro atoms. The Balaban J connectivity index is 2.32. The van der Waals surface area contributed by atoms with Gasteiger partial charge in [0, 0.05) is 31.6 Å². The summed E-state index contributed by atoms with van der Waals surface area (Å²) in [6, 6.07) is 4.26. The van der Waals surface area contributed by atoms with E-state index in [4.69, 9.17) is 5.11 Å². The van der Waals surface area contributed by atoms with Gasteiger partial charge < -0.3 is 15.0 Å². The molecule has 3 nitrogen and oxygen atoms in total. The van der Waals surface area contributed by atoms with Gasteiger partial charge in [0.05, 0.1) is 0 Å². The predicted octanol–water partition coefficient (Wildman–Crippen LogP) is 2.01. The molecular formula is C13H24N2O. The van der Waals surface area contributed by atoms with Crippen LogP contribution in [0.5, 0.6) is 0 Å². The highest BCUT2D eigenvalue weighted by Crippen LogP contribution is 2.07. The summed E-state index contributed by atoms with van der Waals surface area (Å²) in [7, 11) is 0. The molecule has 0 aromatic carbocycles. The molecule has 1 aromatic heterocycles. The minimum Gasteiger partial charge on any atom is -0.396 e. The van der Waals surface area contributed by atoms with E-state index in [-0.39, 0.29) is 6.61 Å². The average Bonchev–Trinajstić information content (AvgIpc) is 2.69. The van der Waals surface area contributed by atoms with E-state index in [1.165, 1.54) is 12.1 Å². The first-order valence-electron chi connectivity index (χ1n) is 6.19. The molecule has 0 amide bonds. The Hall–Kier alpha value is -0.800. The number of aliphatic hydroxyl groups is 1. The van der Waals surface area contributed by atoms with Crippen molar-refractivity contribution in [3.8, 4) is 0 Å². The number of aryl methyl sites for hydroxylation is 1. The third-order valence-corrected chi connectivity index (χ3v) is 2.69. The number of aliphatic hydroxyl groups excluding tert-OH is 1. The minimum absolute atomic E-state index is 0.265. The van der Waals surface area contributed by atoms with E-state index in [9.17, 15) is 0 Å². The van der Waals surface area contributed by atoms with E-state index in [1.54, 1.807) is 0 Å². The van der Waals surface area contributed by atoms with Gasteiger partial charge in [0.15, 0.2) is 0 Å². The summed E-state index contributed by atoms with van der Waals surface area (Å²) in [5.74, 6) is 0.748. The van der Waals surface area contributed by atoms with Gasteiger partial charge in [0.2, 0.25) is 0 Å². The second-order valence-electron chi connectivity index (χ2n) is 4.63. The molecule has 0 bridgehead atoms.